The van der Waals surface area contributed by atoms with Gasteiger partial charge in [0.1, 0.15) is 6.29 Å². The highest BCUT2D eigenvalue weighted by Crippen LogP contribution is 2.35. The van der Waals surface area contributed by atoms with E-state index in [1.54, 1.807) is 11.9 Å². The minimum Gasteiger partial charge on any atom is -0.390 e. The number of fused-ring (bicyclic) bond motifs is 1. The van der Waals surface area contributed by atoms with Crippen LogP contribution in [-0.2, 0) is 24.1 Å². The molecule has 226 valence electrons. The molecule has 6 heteroatoms. The number of hydrogen-bond acceptors (Lipinski definition) is 5. The van der Waals surface area contributed by atoms with Crippen molar-refractivity contribution in [1.29, 1.82) is 0 Å². The monoisotopic (exact) mass is 606 g/mol. The van der Waals surface area contributed by atoms with Crippen LogP contribution in [-0.4, -0.2) is 47.5 Å². The highest BCUT2D eigenvalue weighted by Gasteiger charge is 2.28. The van der Waals surface area contributed by atoms with Crippen molar-refractivity contribution in [1.82, 2.24) is 9.62 Å². The second-order valence-corrected chi connectivity index (χ2v) is 13.4. The molecule has 2 N–H and O–H groups in total. The maximum absolute atomic E-state index is 10.9. The van der Waals surface area contributed by atoms with Crippen LogP contribution in [0.4, 0.5) is 0 Å². The fourth-order valence-corrected chi connectivity index (χ4v) is 6.80. The Morgan fingerprint density at radius 1 is 1.02 bits per heavy atom. The molecule has 1 aliphatic rings. The molecule has 3 aromatic carbocycles. The molecule has 1 atom stereocenters. The van der Waals surface area contributed by atoms with Crippen molar-refractivity contribution >= 4 is 29.8 Å². The Bertz CT molecular complexity index is 1280. The van der Waals surface area contributed by atoms with Crippen LogP contribution in [0.1, 0.15) is 57.2 Å². The van der Waals surface area contributed by atoms with Crippen LogP contribution in [0.5, 0.6) is 0 Å². The molecule has 0 bridgehead atoms. The van der Waals surface area contributed by atoms with Gasteiger partial charge in [0.25, 0.3) is 0 Å². The predicted molar refractivity (Wildman–Crippen MR) is 180 cm³/mol. The van der Waals surface area contributed by atoms with Crippen molar-refractivity contribution in [2.24, 2.45) is 5.92 Å². The van der Waals surface area contributed by atoms with Crippen LogP contribution in [0.2, 0.25) is 5.02 Å². The van der Waals surface area contributed by atoms with Crippen molar-refractivity contribution in [3.63, 3.8) is 0 Å². The summed E-state index contributed by atoms with van der Waals surface area (Å²) >= 11 is 8.27. The number of β-amino-alcohol motifs (C(OH)–C–C–N with tert-alkyl or cyclic N) is 1. The number of nitrogens with one attached hydrogen (secondary N) is 1. The summed E-state index contributed by atoms with van der Waals surface area (Å²) in [6.45, 7) is 9.56. The predicted octanol–water partition coefficient (Wildman–Crippen LogP) is 8.19. The van der Waals surface area contributed by atoms with Gasteiger partial charge in [-0.05, 0) is 113 Å². The van der Waals surface area contributed by atoms with E-state index in [4.69, 9.17) is 11.6 Å². The number of hydrogen-bond donors (Lipinski definition) is 2. The fourth-order valence-electron chi connectivity index (χ4n) is 5.55. The van der Waals surface area contributed by atoms with E-state index in [9.17, 15) is 9.90 Å². The summed E-state index contributed by atoms with van der Waals surface area (Å²) in [4.78, 5) is 11.9. The minimum atomic E-state index is -0.480. The molecular weight excluding hydrogens is 560 g/mol. The lowest BCUT2D eigenvalue weighted by Crippen LogP contribution is -2.46. The van der Waals surface area contributed by atoms with Crippen molar-refractivity contribution in [2.45, 2.75) is 76.3 Å². The van der Waals surface area contributed by atoms with E-state index in [2.05, 4.69) is 65.9 Å². The quantitative estimate of drug-likeness (QED) is 0.117. The maximum Gasteiger partial charge on any atom is 0.120 e. The molecule has 0 aromatic heterocycles. The molecule has 0 aliphatic heterocycles. The summed E-state index contributed by atoms with van der Waals surface area (Å²) in [5.41, 5.74) is 6.09. The number of aryl methyl sites for hydroxylation is 1. The lowest BCUT2D eigenvalue weighted by atomic mass is 9.88. The van der Waals surface area contributed by atoms with Crippen LogP contribution in [0, 0.1) is 5.92 Å². The molecule has 42 heavy (non-hydrogen) atoms. The number of aliphatic hydroxyl groups is 1. The molecule has 4 nitrogen and oxygen atoms in total. The van der Waals surface area contributed by atoms with Gasteiger partial charge in [0.05, 0.1) is 6.10 Å². The van der Waals surface area contributed by atoms with E-state index in [1.807, 2.05) is 57.3 Å². The molecule has 1 unspecified atom stereocenters. The molecule has 0 heterocycles. The number of allylic oxidation sites excluding steroid dienone is 2. The Hall–Kier alpha value is -2.41. The smallest absolute Gasteiger partial charge is 0.120 e. The van der Waals surface area contributed by atoms with Crippen molar-refractivity contribution in [3.05, 3.63) is 101 Å². The first-order chi connectivity index (χ1) is 20.2. The Kier molecular flexibility index (Phi) is 13.8. The summed E-state index contributed by atoms with van der Waals surface area (Å²) in [6.07, 6.45) is 9.05. The van der Waals surface area contributed by atoms with Crippen molar-refractivity contribution in [3.8, 4) is 11.1 Å². The number of rotatable bonds is 13. The molecule has 0 amide bonds. The number of carbonyl (C=O) groups is 1. The van der Waals surface area contributed by atoms with Gasteiger partial charge in [0.15, 0.2) is 0 Å². The summed E-state index contributed by atoms with van der Waals surface area (Å²) in [5.74, 6) is 0.648. The summed E-state index contributed by atoms with van der Waals surface area (Å²) in [6, 6.07) is 22.9. The Morgan fingerprint density at radius 2 is 1.67 bits per heavy atom. The van der Waals surface area contributed by atoms with Gasteiger partial charge < -0.3 is 15.2 Å². The number of aldehydes is 1. The van der Waals surface area contributed by atoms with E-state index in [0.717, 1.165) is 47.1 Å². The number of likely N-dealkylation sites (N-methyl/N-ethyl adjacent to an activating group) is 1. The maximum atomic E-state index is 10.9. The molecule has 1 aliphatic carbocycles. The van der Waals surface area contributed by atoms with E-state index in [0.29, 0.717) is 36.9 Å². The first-order valence-electron chi connectivity index (χ1n) is 14.9. The topological polar surface area (TPSA) is 52.6 Å². The third-order valence-corrected chi connectivity index (χ3v) is 8.83. The zero-order valence-corrected chi connectivity index (χ0v) is 27.3. The van der Waals surface area contributed by atoms with Crippen LogP contribution in [0.15, 0.2) is 83.8 Å². The molecule has 0 saturated heterocycles. The molecule has 0 spiro atoms. The third-order valence-electron chi connectivity index (χ3n) is 7.59. The minimum absolute atomic E-state index is 0.0369. The van der Waals surface area contributed by atoms with E-state index >= 15 is 0 Å². The summed E-state index contributed by atoms with van der Waals surface area (Å²) in [7, 11) is 1.99. The molecule has 3 aromatic rings. The van der Waals surface area contributed by atoms with Gasteiger partial charge in [-0.2, -0.15) is 0 Å². The summed E-state index contributed by atoms with van der Waals surface area (Å²) in [5, 5.41) is 15.0. The van der Waals surface area contributed by atoms with E-state index in [-0.39, 0.29) is 5.54 Å². The van der Waals surface area contributed by atoms with Gasteiger partial charge in [-0.25, -0.2) is 4.31 Å². The fraction of sp³-hybridized carbons (Fsp3) is 0.417. The van der Waals surface area contributed by atoms with E-state index < -0.39 is 6.10 Å². The lowest BCUT2D eigenvalue weighted by Gasteiger charge is -2.31. The standard InChI is InChI=1S/C32H39ClN2O2S.C4H8/c1-32(2,20-23-17-25-10-4-5-11-26(25)18-23)34-21-27(37)22-35(3)38-28-14-15-30(31(33)19-28)29-13-7-6-9-24(29)12-8-16-36;1-3-4-2/h4-7,9-11,13-16,19,23,27,34,37H,8,12,17-18,20-22H2,1-3H3;3-4H,1-2H3/b;4-3-. The number of benzene rings is 3. The van der Waals surface area contributed by atoms with Gasteiger partial charge in [0.2, 0.25) is 0 Å². The molecule has 0 saturated carbocycles. The van der Waals surface area contributed by atoms with Crippen molar-refractivity contribution in [2.75, 3.05) is 20.1 Å². The van der Waals surface area contributed by atoms with Gasteiger partial charge in [-0.1, -0.05) is 78.4 Å². The van der Waals surface area contributed by atoms with Gasteiger partial charge in [0, 0.05) is 40.5 Å². The number of nitrogens with zero attached hydrogens (tertiary/aromatic N) is 1. The number of carbonyl (C=O) groups excluding carboxylic acids is 1. The number of aliphatic hydroxyl groups excluding tert-OH is 1. The lowest BCUT2D eigenvalue weighted by molar-refractivity contribution is -0.107. The van der Waals surface area contributed by atoms with Gasteiger partial charge in [-0.3, -0.25) is 0 Å². The van der Waals surface area contributed by atoms with Crippen LogP contribution in [0.25, 0.3) is 11.1 Å². The summed E-state index contributed by atoms with van der Waals surface area (Å²) < 4.78 is 2.05. The normalized spacial score (nSPS) is 14.1. The Morgan fingerprint density at radius 3 is 2.29 bits per heavy atom. The SMILES string of the molecule is C/C=C\C.CN(CC(O)CNC(C)(C)CC1Cc2ccccc2C1)Sc1ccc(-c2ccccc2CCC=O)c(Cl)c1. The second kappa shape index (κ2) is 17.0. The Labute approximate surface area is 262 Å². The average molecular weight is 607 g/mol. The second-order valence-electron chi connectivity index (χ2n) is 11.7. The third kappa shape index (κ3) is 10.7. The highest BCUT2D eigenvalue weighted by molar-refractivity contribution is 7.97. The van der Waals surface area contributed by atoms with Crippen molar-refractivity contribution < 1.29 is 9.90 Å². The zero-order valence-electron chi connectivity index (χ0n) is 25.8. The van der Waals surface area contributed by atoms with Gasteiger partial charge >= 0.3 is 0 Å². The molecule has 0 fully saturated rings. The first-order valence-corrected chi connectivity index (χ1v) is 16.1. The largest absolute Gasteiger partial charge is 0.390 e. The average Bonchev–Trinajstić information content (AvgIpc) is 3.37. The van der Waals surface area contributed by atoms with Gasteiger partial charge in [-0.15, -0.1) is 0 Å². The highest BCUT2D eigenvalue weighted by atomic mass is 35.5. The zero-order chi connectivity index (χ0) is 30.5. The van der Waals surface area contributed by atoms with E-state index in [1.165, 1.54) is 11.1 Å². The molecular formula is C36H47ClN2O2S. The van der Waals surface area contributed by atoms with Crippen LogP contribution < -0.4 is 5.32 Å². The number of halogens is 1. The van der Waals surface area contributed by atoms with Crippen LogP contribution >= 0.6 is 23.5 Å². The Balaban J connectivity index is 0.00000114. The first kappa shape index (κ1) is 34.1. The molecule has 4 rings (SSSR count). The molecule has 0 radical (unpaired) electrons. The van der Waals surface area contributed by atoms with Crippen LogP contribution in [0.3, 0.4) is 0 Å².